The third kappa shape index (κ3) is 3.17. The van der Waals surface area contributed by atoms with Crippen LogP contribution in [-0.2, 0) is 9.53 Å². The van der Waals surface area contributed by atoms with E-state index < -0.39 is 18.4 Å². The SMILES string of the molecule is CCCCOC(O)(CO)C(=O)O. The van der Waals surface area contributed by atoms with E-state index in [0.29, 0.717) is 6.42 Å². The maximum atomic E-state index is 10.3. The van der Waals surface area contributed by atoms with Crippen LogP contribution in [0, 0.1) is 0 Å². The molecule has 0 fully saturated rings. The van der Waals surface area contributed by atoms with E-state index in [4.69, 9.17) is 15.3 Å². The Morgan fingerprint density at radius 3 is 2.50 bits per heavy atom. The van der Waals surface area contributed by atoms with E-state index in [1.807, 2.05) is 6.92 Å². The monoisotopic (exact) mass is 178 g/mol. The van der Waals surface area contributed by atoms with E-state index in [1.165, 1.54) is 0 Å². The van der Waals surface area contributed by atoms with E-state index in [1.54, 1.807) is 0 Å². The van der Waals surface area contributed by atoms with Crippen molar-refractivity contribution in [2.45, 2.75) is 25.6 Å². The topological polar surface area (TPSA) is 87.0 Å². The Morgan fingerprint density at radius 2 is 2.17 bits per heavy atom. The zero-order valence-electron chi connectivity index (χ0n) is 6.99. The van der Waals surface area contributed by atoms with Gasteiger partial charge in [0.05, 0.1) is 6.61 Å². The van der Waals surface area contributed by atoms with Gasteiger partial charge in [-0.3, -0.25) is 0 Å². The van der Waals surface area contributed by atoms with Gasteiger partial charge in [-0.05, 0) is 6.42 Å². The molecule has 5 heteroatoms. The van der Waals surface area contributed by atoms with Gasteiger partial charge in [-0.15, -0.1) is 0 Å². The second-order valence-electron chi connectivity index (χ2n) is 2.45. The first kappa shape index (κ1) is 11.4. The molecule has 0 rings (SSSR count). The highest BCUT2D eigenvalue weighted by molar-refractivity contribution is 5.75. The summed E-state index contributed by atoms with van der Waals surface area (Å²) < 4.78 is 4.59. The minimum Gasteiger partial charge on any atom is -0.477 e. The molecular weight excluding hydrogens is 164 g/mol. The molecule has 0 spiro atoms. The molecule has 0 aliphatic heterocycles. The maximum Gasteiger partial charge on any atom is 0.366 e. The van der Waals surface area contributed by atoms with Crippen LogP contribution in [0.4, 0.5) is 0 Å². The molecule has 0 bridgehead atoms. The molecule has 0 aliphatic carbocycles. The summed E-state index contributed by atoms with van der Waals surface area (Å²) in [4.78, 5) is 10.3. The van der Waals surface area contributed by atoms with Gasteiger partial charge in [-0.1, -0.05) is 13.3 Å². The standard InChI is InChI=1S/C7H14O5/c1-2-3-4-12-7(11,5-8)6(9)10/h8,11H,2-5H2,1H3,(H,9,10). The third-order valence-corrected chi connectivity index (χ3v) is 1.39. The highest BCUT2D eigenvalue weighted by Crippen LogP contribution is 2.07. The molecule has 0 saturated carbocycles. The first-order chi connectivity index (χ1) is 5.56. The summed E-state index contributed by atoms with van der Waals surface area (Å²) in [5, 5.41) is 25.9. The molecule has 3 N–H and O–H groups in total. The Labute approximate surface area is 70.6 Å². The third-order valence-electron chi connectivity index (χ3n) is 1.39. The predicted molar refractivity (Wildman–Crippen MR) is 40.5 cm³/mol. The number of hydrogen-bond acceptors (Lipinski definition) is 4. The predicted octanol–water partition coefficient (Wildman–Crippen LogP) is -0.431. The largest absolute Gasteiger partial charge is 0.477 e. The fourth-order valence-corrected chi connectivity index (χ4v) is 0.560. The van der Waals surface area contributed by atoms with Gasteiger partial charge >= 0.3 is 5.97 Å². The molecule has 0 aromatic heterocycles. The molecule has 0 aromatic rings. The first-order valence-corrected chi connectivity index (χ1v) is 3.77. The average Bonchev–Trinajstić information content (AvgIpc) is 2.04. The van der Waals surface area contributed by atoms with E-state index >= 15 is 0 Å². The molecule has 0 heterocycles. The number of ether oxygens (including phenoxy) is 1. The van der Waals surface area contributed by atoms with Crippen molar-refractivity contribution in [2.75, 3.05) is 13.2 Å². The van der Waals surface area contributed by atoms with Crippen molar-refractivity contribution >= 4 is 5.97 Å². The molecule has 0 aliphatic rings. The Hall–Kier alpha value is -0.650. The van der Waals surface area contributed by atoms with Crippen molar-refractivity contribution in [1.82, 2.24) is 0 Å². The van der Waals surface area contributed by atoms with Crippen LogP contribution < -0.4 is 0 Å². The van der Waals surface area contributed by atoms with Gasteiger partial charge in [0.15, 0.2) is 0 Å². The van der Waals surface area contributed by atoms with Crippen molar-refractivity contribution in [3.05, 3.63) is 0 Å². The number of hydrogen-bond donors (Lipinski definition) is 3. The minimum absolute atomic E-state index is 0.125. The van der Waals surface area contributed by atoms with Crippen molar-refractivity contribution in [3.63, 3.8) is 0 Å². The molecule has 1 atom stereocenters. The van der Waals surface area contributed by atoms with Crippen molar-refractivity contribution < 1.29 is 24.9 Å². The second-order valence-corrected chi connectivity index (χ2v) is 2.45. The summed E-state index contributed by atoms with van der Waals surface area (Å²) in [7, 11) is 0. The van der Waals surface area contributed by atoms with E-state index in [9.17, 15) is 4.79 Å². The van der Waals surface area contributed by atoms with Crippen LogP contribution >= 0.6 is 0 Å². The number of carbonyl (C=O) groups is 1. The van der Waals surface area contributed by atoms with Crippen LogP contribution in [0.5, 0.6) is 0 Å². The number of unbranched alkanes of at least 4 members (excludes halogenated alkanes) is 1. The van der Waals surface area contributed by atoms with Gasteiger partial charge in [-0.2, -0.15) is 0 Å². The molecule has 0 saturated heterocycles. The summed E-state index contributed by atoms with van der Waals surface area (Å²) in [6, 6.07) is 0. The number of aliphatic carboxylic acids is 1. The molecule has 5 nitrogen and oxygen atoms in total. The number of rotatable bonds is 6. The van der Waals surface area contributed by atoms with Gasteiger partial charge in [-0.25, -0.2) is 4.79 Å². The Morgan fingerprint density at radius 1 is 1.58 bits per heavy atom. The quantitative estimate of drug-likeness (QED) is 0.379. The smallest absolute Gasteiger partial charge is 0.366 e. The summed E-state index contributed by atoms with van der Waals surface area (Å²) >= 11 is 0. The normalized spacial score (nSPS) is 15.6. The fourth-order valence-electron chi connectivity index (χ4n) is 0.560. The van der Waals surface area contributed by atoms with Gasteiger partial charge in [0, 0.05) is 0 Å². The zero-order chi connectivity index (χ0) is 9.61. The van der Waals surface area contributed by atoms with Crippen molar-refractivity contribution in [3.8, 4) is 0 Å². The fraction of sp³-hybridized carbons (Fsp3) is 0.857. The molecule has 72 valence electrons. The highest BCUT2D eigenvalue weighted by atomic mass is 16.7. The van der Waals surface area contributed by atoms with Crippen molar-refractivity contribution in [1.29, 1.82) is 0 Å². The van der Waals surface area contributed by atoms with E-state index in [0.717, 1.165) is 6.42 Å². The van der Waals surface area contributed by atoms with Crippen LogP contribution in [0.15, 0.2) is 0 Å². The number of aliphatic hydroxyl groups is 2. The van der Waals surface area contributed by atoms with Crippen LogP contribution in [0.3, 0.4) is 0 Å². The highest BCUT2D eigenvalue weighted by Gasteiger charge is 2.36. The lowest BCUT2D eigenvalue weighted by atomic mass is 10.3. The molecule has 1 unspecified atom stereocenters. The van der Waals surface area contributed by atoms with Gasteiger partial charge in [0.25, 0.3) is 5.79 Å². The van der Waals surface area contributed by atoms with E-state index in [2.05, 4.69) is 4.74 Å². The summed E-state index contributed by atoms with van der Waals surface area (Å²) in [5.41, 5.74) is 0. The van der Waals surface area contributed by atoms with Crippen LogP contribution in [0.1, 0.15) is 19.8 Å². The molecule has 12 heavy (non-hydrogen) atoms. The minimum atomic E-state index is -2.44. The number of aliphatic hydroxyl groups excluding tert-OH is 1. The Kier molecular flexibility index (Phi) is 4.80. The number of carboxylic acid groups (broad SMARTS) is 1. The Balaban J connectivity index is 3.88. The van der Waals surface area contributed by atoms with E-state index in [-0.39, 0.29) is 6.61 Å². The lowest BCUT2D eigenvalue weighted by Gasteiger charge is -2.20. The number of carboxylic acids is 1. The lowest BCUT2D eigenvalue weighted by Crippen LogP contribution is -2.45. The van der Waals surface area contributed by atoms with Crippen LogP contribution in [0.2, 0.25) is 0 Å². The van der Waals surface area contributed by atoms with Crippen LogP contribution in [0.25, 0.3) is 0 Å². The molecule has 0 amide bonds. The molecular formula is C7H14O5. The molecule has 0 aromatic carbocycles. The van der Waals surface area contributed by atoms with Gasteiger partial charge < -0.3 is 20.1 Å². The average molecular weight is 178 g/mol. The summed E-state index contributed by atoms with van der Waals surface area (Å²) in [6.07, 6.45) is 1.48. The Bertz CT molecular complexity index is 147. The van der Waals surface area contributed by atoms with Crippen LogP contribution in [-0.4, -0.2) is 40.3 Å². The molecule has 0 radical (unpaired) electrons. The summed E-state index contributed by atoms with van der Waals surface area (Å²) in [5.74, 6) is -4.00. The van der Waals surface area contributed by atoms with Gasteiger partial charge in [0.1, 0.15) is 6.61 Å². The maximum absolute atomic E-state index is 10.3. The van der Waals surface area contributed by atoms with Gasteiger partial charge in [0.2, 0.25) is 0 Å². The second kappa shape index (κ2) is 5.08. The summed E-state index contributed by atoms with van der Waals surface area (Å²) in [6.45, 7) is 1.09. The zero-order valence-corrected chi connectivity index (χ0v) is 6.99. The lowest BCUT2D eigenvalue weighted by molar-refractivity contribution is -0.235. The first-order valence-electron chi connectivity index (χ1n) is 3.77. The van der Waals surface area contributed by atoms with Crippen molar-refractivity contribution in [2.24, 2.45) is 0 Å².